The second-order valence-corrected chi connectivity index (χ2v) is 7.23. The van der Waals surface area contributed by atoms with Crippen LogP contribution in [0, 0.1) is 11.6 Å². The van der Waals surface area contributed by atoms with Crippen LogP contribution in [0.4, 0.5) is 17.6 Å². The van der Waals surface area contributed by atoms with Crippen molar-refractivity contribution in [3.05, 3.63) is 27.7 Å². The average molecular weight is 413 g/mol. The van der Waals surface area contributed by atoms with Gasteiger partial charge in [0.25, 0.3) is 21.4 Å². The van der Waals surface area contributed by atoms with Crippen molar-refractivity contribution < 1.29 is 30.8 Å². The summed E-state index contributed by atoms with van der Waals surface area (Å²) in [6.45, 7) is -1.07. The van der Waals surface area contributed by atoms with E-state index in [-0.39, 0.29) is 0 Å². The van der Waals surface area contributed by atoms with E-state index in [1.54, 1.807) is 0 Å². The van der Waals surface area contributed by atoms with Crippen molar-refractivity contribution in [2.45, 2.75) is 11.3 Å². The number of nitrogens with zero attached hydrogens (tertiary/aromatic N) is 1. The van der Waals surface area contributed by atoms with E-state index in [0.717, 1.165) is 7.05 Å². The minimum atomic E-state index is -4.62. The number of amides is 1. The zero-order valence-corrected chi connectivity index (χ0v) is 13.4. The molecule has 0 saturated carbocycles. The molecule has 1 aromatic rings. The van der Waals surface area contributed by atoms with E-state index in [9.17, 15) is 30.8 Å². The standard InChI is InChI=1S/C10H7BrClF4NO3S/c1-17(3-6(14)15)10(18)7-5(13)2-4(11)9(8(7)16)21(12,19)20/h2,6H,3H2,1H3. The maximum absolute atomic E-state index is 14.1. The zero-order valence-electron chi connectivity index (χ0n) is 10.2. The van der Waals surface area contributed by atoms with E-state index in [4.69, 9.17) is 10.7 Å². The van der Waals surface area contributed by atoms with Gasteiger partial charge < -0.3 is 4.90 Å². The molecule has 1 amide bonds. The van der Waals surface area contributed by atoms with Gasteiger partial charge in [-0.05, 0) is 22.0 Å². The van der Waals surface area contributed by atoms with Crippen molar-refractivity contribution in [1.29, 1.82) is 0 Å². The molecule has 0 aliphatic rings. The number of carbonyl (C=O) groups excluding carboxylic acids is 1. The lowest BCUT2D eigenvalue weighted by Gasteiger charge is -2.18. The van der Waals surface area contributed by atoms with Crippen molar-refractivity contribution in [2.75, 3.05) is 13.6 Å². The topological polar surface area (TPSA) is 54.5 Å². The summed E-state index contributed by atoms with van der Waals surface area (Å²) in [4.78, 5) is 11.0. The van der Waals surface area contributed by atoms with Gasteiger partial charge in [0.2, 0.25) is 0 Å². The maximum atomic E-state index is 14.1. The monoisotopic (exact) mass is 411 g/mol. The molecule has 1 rings (SSSR count). The van der Waals surface area contributed by atoms with Crippen LogP contribution >= 0.6 is 26.6 Å². The molecule has 0 unspecified atom stereocenters. The number of hydrogen-bond donors (Lipinski definition) is 0. The van der Waals surface area contributed by atoms with Gasteiger partial charge in [-0.25, -0.2) is 26.0 Å². The van der Waals surface area contributed by atoms with Gasteiger partial charge in [-0.2, -0.15) is 0 Å². The summed E-state index contributed by atoms with van der Waals surface area (Å²) in [7, 11) is 1.27. The van der Waals surface area contributed by atoms with E-state index in [2.05, 4.69) is 15.9 Å². The summed E-state index contributed by atoms with van der Waals surface area (Å²) < 4.78 is 74.1. The van der Waals surface area contributed by atoms with Crippen LogP contribution in [0.15, 0.2) is 15.4 Å². The number of hydrogen-bond acceptors (Lipinski definition) is 3. The van der Waals surface area contributed by atoms with Crippen molar-refractivity contribution in [3.8, 4) is 0 Å². The molecule has 0 aliphatic heterocycles. The molecule has 0 atom stereocenters. The summed E-state index contributed by atoms with van der Waals surface area (Å²) in [5.41, 5.74) is -1.28. The van der Waals surface area contributed by atoms with Crippen molar-refractivity contribution in [3.63, 3.8) is 0 Å². The quantitative estimate of drug-likeness (QED) is 0.564. The highest BCUT2D eigenvalue weighted by Crippen LogP contribution is 2.32. The molecule has 1 aromatic carbocycles. The van der Waals surface area contributed by atoms with Crippen LogP contribution < -0.4 is 0 Å². The fraction of sp³-hybridized carbons (Fsp3) is 0.300. The Morgan fingerprint density at radius 1 is 1.43 bits per heavy atom. The van der Waals surface area contributed by atoms with E-state index in [1.165, 1.54) is 0 Å². The normalized spacial score (nSPS) is 11.8. The molecule has 0 radical (unpaired) electrons. The molecule has 0 N–H and O–H groups in total. The summed E-state index contributed by atoms with van der Waals surface area (Å²) in [6, 6.07) is 0.516. The first-order valence-electron chi connectivity index (χ1n) is 5.12. The smallest absolute Gasteiger partial charge is 0.265 e. The number of carbonyl (C=O) groups is 1. The zero-order chi connectivity index (χ0) is 16.5. The Kier molecular flexibility index (Phi) is 5.62. The van der Waals surface area contributed by atoms with Crippen molar-refractivity contribution in [1.82, 2.24) is 4.90 Å². The largest absolute Gasteiger partial charge is 0.336 e. The number of halogens is 6. The fourth-order valence-corrected chi connectivity index (χ4v) is 3.83. The van der Waals surface area contributed by atoms with E-state index >= 15 is 0 Å². The average Bonchev–Trinajstić information content (AvgIpc) is 2.24. The van der Waals surface area contributed by atoms with E-state index < -0.39 is 54.5 Å². The van der Waals surface area contributed by atoms with Crippen LogP contribution in [-0.4, -0.2) is 39.2 Å². The molecule has 0 bridgehead atoms. The predicted octanol–water partition coefficient (Wildman–Crippen LogP) is 2.99. The van der Waals surface area contributed by atoms with Gasteiger partial charge >= 0.3 is 0 Å². The first-order valence-corrected chi connectivity index (χ1v) is 8.22. The van der Waals surface area contributed by atoms with Gasteiger partial charge in [-0.1, -0.05) is 0 Å². The van der Waals surface area contributed by atoms with E-state index in [0.29, 0.717) is 11.0 Å². The number of rotatable bonds is 4. The maximum Gasteiger partial charge on any atom is 0.265 e. The fourth-order valence-electron chi connectivity index (χ4n) is 1.47. The third kappa shape index (κ3) is 4.07. The first kappa shape index (κ1) is 18.2. The summed E-state index contributed by atoms with van der Waals surface area (Å²) in [5.74, 6) is -4.59. The summed E-state index contributed by atoms with van der Waals surface area (Å²) in [6.07, 6.45) is -2.92. The van der Waals surface area contributed by atoms with Crippen LogP contribution in [0.5, 0.6) is 0 Å². The second kappa shape index (κ2) is 6.49. The Bertz CT molecular complexity index is 683. The van der Waals surface area contributed by atoms with Crippen LogP contribution in [0.1, 0.15) is 10.4 Å². The van der Waals surface area contributed by atoms with Gasteiger partial charge in [0.05, 0.1) is 6.54 Å². The van der Waals surface area contributed by atoms with Crippen LogP contribution in [0.2, 0.25) is 0 Å². The Morgan fingerprint density at radius 2 is 1.95 bits per heavy atom. The molecule has 118 valence electrons. The minimum Gasteiger partial charge on any atom is -0.336 e. The van der Waals surface area contributed by atoms with E-state index in [1.807, 2.05) is 0 Å². The van der Waals surface area contributed by atoms with Crippen molar-refractivity contribution in [2.24, 2.45) is 0 Å². The Morgan fingerprint density at radius 3 is 2.38 bits per heavy atom. The molecule has 0 aliphatic carbocycles. The Balaban J connectivity index is 3.48. The van der Waals surface area contributed by atoms with Crippen LogP contribution in [0.25, 0.3) is 0 Å². The van der Waals surface area contributed by atoms with Crippen LogP contribution in [-0.2, 0) is 9.05 Å². The highest BCUT2D eigenvalue weighted by atomic mass is 79.9. The lowest BCUT2D eigenvalue weighted by Crippen LogP contribution is -2.33. The second-order valence-electron chi connectivity index (χ2n) is 3.87. The molecule has 0 heterocycles. The third-order valence-electron chi connectivity index (χ3n) is 2.34. The molecule has 0 spiro atoms. The highest BCUT2D eigenvalue weighted by Gasteiger charge is 2.31. The lowest BCUT2D eigenvalue weighted by atomic mass is 10.1. The third-order valence-corrected chi connectivity index (χ3v) is 4.58. The van der Waals surface area contributed by atoms with Crippen LogP contribution in [0.3, 0.4) is 0 Å². The SMILES string of the molecule is CN(CC(F)F)C(=O)c1c(F)cc(Br)c(S(=O)(=O)Cl)c1F. The van der Waals surface area contributed by atoms with Gasteiger partial charge in [-0.15, -0.1) is 0 Å². The molecular formula is C10H7BrClF4NO3S. The Hall–Kier alpha value is -0.870. The molecule has 4 nitrogen and oxygen atoms in total. The minimum absolute atomic E-state index is 0.366. The molecule has 0 aromatic heterocycles. The Labute approximate surface area is 130 Å². The molecule has 0 saturated heterocycles. The van der Waals surface area contributed by atoms with Gasteiger partial charge in [0, 0.05) is 22.2 Å². The summed E-state index contributed by atoms with van der Waals surface area (Å²) in [5, 5.41) is 0. The lowest BCUT2D eigenvalue weighted by molar-refractivity contribution is 0.0611. The molecule has 11 heteroatoms. The first-order chi connectivity index (χ1) is 9.46. The summed E-state index contributed by atoms with van der Waals surface area (Å²) >= 11 is 2.61. The van der Waals surface area contributed by atoms with Gasteiger partial charge in [-0.3, -0.25) is 4.79 Å². The highest BCUT2D eigenvalue weighted by molar-refractivity contribution is 9.10. The number of alkyl halides is 2. The number of benzene rings is 1. The molecule has 0 fully saturated rings. The van der Waals surface area contributed by atoms with Gasteiger partial charge in [0.15, 0.2) is 5.82 Å². The molecule has 21 heavy (non-hydrogen) atoms. The van der Waals surface area contributed by atoms with Gasteiger partial charge in [0.1, 0.15) is 16.3 Å². The predicted molar refractivity (Wildman–Crippen MR) is 70.1 cm³/mol. The molecular weight excluding hydrogens is 406 g/mol. The van der Waals surface area contributed by atoms with Crippen molar-refractivity contribution >= 4 is 41.6 Å².